The van der Waals surface area contributed by atoms with E-state index >= 15 is 0 Å². The molecule has 0 aromatic rings. The highest BCUT2D eigenvalue weighted by Gasteiger charge is 2.26. The normalized spacial score (nSPS) is 25.6. The van der Waals surface area contributed by atoms with Gasteiger partial charge in [0.25, 0.3) is 10.2 Å². The van der Waals surface area contributed by atoms with Crippen molar-refractivity contribution in [1.82, 2.24) is 14.5 Å². The van der Waals surface area contributed by atoms with Gasteiger partial charge in [-0.2, -0.15) is 12.7 Å². The van der Waals surface area contributed by atoms with Crippen molar-refractivity contribution in [2.75, 3.05) is 39.3 Å². The average molecular weight is 304 g/mol. The summed E-state index contributed by atoms with van der Waals surface area (Å²) in [6.45, 7) is 3.58. The third-order valence-corrected chi connectivity index (χ3v) is 5.20. The molecule has 0 radical (unpaired) electrons. The first kappa shape index (κ1) is 15.7. The molecule has 0 bridgehead atoms. The predicted octanol–water partition coefficient (Wildman–Crippen LogP) is -0.886. The first-order valence-electron chi connectivity index (χ1n) is 7.23. The quantitative estimate of drug-likeness (QED) is 0.704. The molecule has 1 amide bonds. The van der Waals surface area contributed by atoms with Crippen LogP contribution in [0.15, 0.2) is 0 Å². The van der Waals surface area contributed by atoms with Gasteiger partial charge in [0.2, 0.25) is 5.91 Å². The standard InChI is InChI=1S/C12H24N4O3S/c13-20(18,19)16-8-6-15(7-9-16)12(17)4-3-11-2-1-5-14-10-11/h11,14H,1-10H2,(H2,13,18,19). The maximum Gasteiger partial charge on any atom is 0.277 e. The molecule has 20 heavy (non-hydrogen) atoms. The number of carbonyl (C=O) groups excluding carboxylic acids is 1. The minimum Gasteiger partial charge on any atom is -0.340 e. The van der Waals surface area contributed by atoms with Gasteiger partial charge in [-0.1, -0.05) is 0 Å². The van der Waals surface area contributed by atoms with Crippen molar-refractivity contribution in [1.29, 1.82) is 0 Å². The van der Waals surface area contributed by atoms with Crippen molar-refractivity contribution in [3.8, 4) is 0 Å². The van der Waals surface area contributed by atoms with E-state index in [0.717, 1.165) is 19.5 Å². The van der Waals surface area contributed by atoms with Crippen molar-refractivity contribution >= 4 is 16.1 Å². The van der Waals surface area contributed by atoms with Crippen molar-refractivity contribution in [3.05, 3.63) is 0 Å². The minimum atomic E-state index is -3.62. The van der Waals surface area contributed by atoms with Gasteiger partial charge in [0.05, 0.1) is 0 Å². The van der Waals surface area contributed by atoms with Crippen LogP contribution in [0.2, 0.25) is 0 Å². The van der Waals surface area contributed by atoms with Gasteiger partial charge < -0.3 is 10.2 Å². The topological polar surface area (TPSA) is 95.7 Å². The Morgan fingerprint density at radius 2 is 1.95 bits per heavy atom. The highest BCUT2D eigenvalue weighted by atomic mass is 32.2. The zero-order valence-corrected chi connectivity index (χ0v) is 12.6. The Morgan fingerprint density at radius 3 is 2.50 bits per heavy atom. The molecule has 0 spiro atoms. The number of piperidine rings is 1. The van der Waals surface area contributed by atoms with E-state index in [4.69, 9.17) is 5.14 Å². The van der Waals surface area contributed by atoms with Crippen molar-refractivity contribution in [3.63, 3.8) is 0 Å². The molecule has 2 saturated heterocycles. The summed E-state index contributed by atoms with van der Waals surface area (Å²) in [4.78, 5) is 13.9. The van der Waals surface area contributed by atoms with Crippen LogP contribution in [0.25, 0.3) is 0 Å². The molecular formula is C12H24N4O3S. The number of hydrogen-bond acceptors (Lipinski definition) is 4. The van der Waals surface area contributed by atoms with E-state index in [9.17, 15) is 13.2 Å². The van der Waals surface area contributed by atoms with Gasteiger partial charge in [-0.05, 0) is 38.3 Å². The summed E-state index contributed by atoms with van der Waals surface area (Å²) in [5, 5.41) is 8.42. The fourth-order valence-electron chi connectivity index (χ4n) is 2.85. The average Bonchev–Trinajstić information content (AvgIpc) is 2.45. The van der Waals surface area contributed by atoms with Gasteiger partial charge in [-0.3, -0.25) is 4.79 Å². The van der Waals surface area contributed by atoms with Crippen LogP contribution in [0, 0.1) is 5.92 Å². The number of carbonyl (C=O) groups is 1. The molecule has 8 heteroatoms. The molecule has 2 heterocycles. The summed E-state index contributed by atoms with van der Waals surface area (Å²) >= 11 is 0. The molecule has 7 nitrogen and oxygen atoms in total. The van der Waals surface area contributed by atoms with Crippen molar-refractivity contribution in [2.24, 2.45) is 11.1 Å². The van der Waals surface area contributed by atoms with Crippen LogP contribution in [0.3, 0.4) is 0 Å². The van der Waals surface area contributed by atoms with Gasteiger partial charge in [-0.25, -0.2) is 5.14 Å². The van der Waals surface area contributed by atoms with Crippen molar-refractivity contribution < 1.29 is 13.2 Å². The Bertz CT molecular complexity index is 426. The maximum atomic E-state index is 12.1. The molecule has 0 aromatic carbocycles. The fourth-order valence-corrected chi connectivity index (χ4v) is 3.52. The molecule has 0 aliphatic carbocycles. The first-order chi connectivity index (χ1) is 9.47. The Balaban J connectivity index is 1.71. The van der Waals surface area contributed by atoms with Gasteiger partial charge in [0.15, 0.2) is 0 Å². The zero-order chi connectivity index (χ0) is 14.6. The van der Waals surface area contributed by atoms with Gasteiger partial charge >= 0.3 is 0 Å². The Labute approximate surface area is 120 Å². The number of nitrogens with two attached hydrogens (primary N) is 1. The number of nitrogens with one attached hydrogen (secondary N) is 1. The van der Waals surface area contributed by atoms with Crippen LogP contribution in [0.4, 0.5) is 0 Å². The van der Waals surface area contributed by atoms with Crippen LogP contribution >= 0.6 is 0 Å². The second-order valence-corrected chi connectivity index (χ2v) is 7.12. The van der Waals surface area contributed by atoms with Crippen LogP contribution in [0.5, 0.6) is 0 Å². The minimum absolute atomic E-state index is 0.129. The number of hydrogen-bond donors (Lipinski definition) is 2. The van der Waals surface area contributed by atoms with E-state index in [-0.39, 0.29) is 5.91 Å². The second-order valence-electron chi connectivity index (χ2n) is 5.58. The lowest BCUT2D eigenvalue weighted by Gasteiger charge is -2.33. The van der Waals surface area contributed by atoms with Crippen LogP contribution in [-0.2, 0) is 15.0 Å². The Kier molecular flexibility index (Phi) is 5.36. The molecule has 2 rings (SSSR count). The van der Waals surface area contributed by atoms with Gasteiger partial charge in [0, 0.05) is 32.6 Å². The number of amides is 1. The monoisotopic (exact) mass is 304 g/mol. The fraction of sp³-hybridized carbons (Fsp3) is 0.917. The number of piperazine rings is 1. The third kappa shape index (κ3) is 4.41. The molecule has 1 atom stereocenters. The van der Waals surface area contributed by atoms with E-state index in [2.05, 4.69) is 5.32 Å². The summed E-state index contributed by atoms with van der Waals surface area (Å²) in [7, 11) is -3.62. The second kappa shape index (κ2) is 6.84. The number of rotatable bonds is 4. The number of nitrogens with zero attached hydrogens (tertiary/aromatic N) is 2. The lowest BCUT2D eigenvalue weighted by Crippen LogP contribution is -2.52. The Hall–Kier alpha value is -0.700. The summed E-state index contributed by atoms with van der Waals surface area (Å²) in [6, 6.07) is 0. The molecule has 2 aliphatic heterocycles. The summed E-state index contributed by atoms with van der Waals surface area (Å²) in [6.07, 6.45) is 3.86. The summed E-state index contributed by atoms with van der Waals surface area (Å²) in [5.41, 5.74) is 0. The van der Waals surface area contributed by atoms with E-state index < -0.39 is 10.2 Å². The first-order valence-corrected chi connectivity index (χ1v) is 8.73. The molecule has 3 N–H and O–H groups in total. The van der Waals surface area contributed by atoms with Gasteiger partial charge in [0.1, 0.15) is 0 Å². The predicted molar refractivity (Wildman–Crippen MR) is 76.1 cm³/mol. The van der Waals surface area contributed by atoms with E-state index in [1.165, 1.54) is 17.1 Å². The lowest BCUT2D eigenvalue weighted by molar-refractivity contribution is -0.132. The van der Waals surface area contributed by atoms with E-state index in [1.54, 1.807) is 4.90 Å². The zero-order valence-electron chi connectivity index (χ0n) is 11.8. The van der Waals surface area contributed by atoms with Crippen LogP contribution < -0.4 is 10.5 Å². The maximum absolute atomic E-state index is 12.1. The lowest BCUT2D eigenvalue weighted by atomic mass is 9.94. The highest BCUT2D eigenvalue weighted by molar-refractivity contribution is 7.86. The summed E-state index contributed by atoms with van der Waals surface area (Å²) in [5.74, 6) is 0.725. The molecule has 1 unspecified atom stereocenters. The summed E-state index contributed by atoms with van der Waals surface area (Å²) < 4.78 is 23.6. The SMILES string of the molecule is NS(=O)(=O)N1CCN(C(=O)CCC2CCCNC2)CC1. The molecule has 2 fully saturated rings. The Morgan fingerprint density at radius 1 is 1.25 bits per heavy atom. The molecule has 116 valence electrons. The van der Waals surface area contributed by atoms with Gasteiger partial charge in [-0.15, -0.1) is 0 Å². The third-order valence-electron chi connectivity index (χ3n) is 4.12. The van der Waals surface area contributed by atoms with Crippen LogP contribution in [-0.4, -0.2) is 62.8 Å². The van der Waals surface area contributed by atoms with Crippen molar-refractivity contribution in [2.45, 2.75) is 25.7 Å². The molecule has 0 aromatic heterocycles. The van der Waals surface area contributed by atoms with E-state index in [0.29, 0.717) is 38.5 Å². The smallest absolute Gasteiger partial charge is 0.277 e. The van der Waals surface area contributed by atoms with E-state index in [1.807, 2.05) is 0 Å². The largest absolute Gasteiger partial charge is 0.340 e. The molecule has 0 saturated carbocycles. The highest BCUT2D eigenvalue weighted by Crippen LogP contribution is 2.17. The molecular weight excluding hydrogens is 280 g/mol. The van der Waals surface area contributed by atoms with Crippen LogP contribution in [0.1, 0.15) is 25.7 Å². The molecule has 2 aliphatic rings.